The summed E-state index contributed by atoms with van der Waals surface area (Å²) in [6.07, 6.45) is -4.06. The van der Waals surface area contributed by atoms with Crippen molar-refractivity contribution in [2.24, 2.45) is 0 Å². The van der Waals surface area contributed by atoms with E-state index in [9.17, 15) is 13.2 Å². The van der Waals surface area contributed by atoms with Crippen molar-refractivity contribution in [1.82, 2.24) is 20.2 Å². The number of alkyl halides is 3. The molecule has 22 heavy (non-hydrogen) atoms. The predicted molar refractivity (Wildman–Crippen MR) is 73.3 cm³/mol. The number of aromatic nitrogens is 4. The lowest BCUT2D eigenvalue weighted by molar-refractivity contribution is -0.274. The zero-order valence-corrected chi connectivity index (χ0v) is 12.6. The van der Waals surface area contributed by atoms with Crippen LogP contribution in [0.2, 0.25) is 0 Å². The Morgan fingerprint density at radius 2 is 1.73 bits per heavy atom. The molecule has 0 amide bonds. The summed E-state index contributed by atoms with van der Waals surface area (Å²) in [4.78, 5) is 0. The van der Waals surface area contributed by atoms with Crippen LogP contribution in [0, 0.1) is 0 Å². The lowest BCUT2D eigenvalue weighted by atomic mass is 9.96. The number of nitrogens with zero attached hydrogens (tertiary/aromatic N) is 4. The molecule has 1 aromatic heterocycles. The van der Waals surface area contributed by atoms with Crippen molar-refractivity contribution in [3.8, 4) is 5.75 Å². The summed E-state index contributed by atoms with van der Waals surface area (Å²) in [6.45, 7) is 6.59. The Morgan fingerprint density at radius 1 is 1.09 bits per heavy atom. The third-order valence-electron chi connectivity index (χ3n) is 2.97. The van der Waals surface area contributed by atoms with Gasteiger partial charge in [0, 0.05) is 12.0 Å². The van der Waals surface area contributed by atoms with Crippen LogP contribution in [-0.2, 0) is 18.4 Å². The predicted octanol–water partition coefficient (Wildman–Crippen LogP) is 3.11. The molecule has 0 fully saturated rings. The van der Waals surface area contributed by atoms with Gasteiger partial charge in [0.1, 0.15) is 5.75 Å². The highest BCUT2D eigenvalue weighted by Crippen LogP contribution is 2.23. The normalized spacial score (nSPS) is 12.5. The highest BCUT2D eigenvalue weighted by molar-refractivity contribution is 5.27. The van der Waals surface area contributed by atoms with E-state index in [4.69, 9.17) is 0 Å². The Morgan fingerprint density at radius 3 is 2.27 bits per heavy atom. The van der Waals surface area contributed by atoms with E-state index in [0.29, 0.717) is 13.0 Å². The summed E-state index contributed by atoms with van der Waals surface area (Å²) in [5, 5.41) is 11.6. The molecule has 0 aliphatic heterocycles. The molecule has 0 aliphatic rings. The summed E-state index contributed by atoms with van der Waals surface area (Å²) >= 11 is 0. The summed E-state index contributed by atoms with van der Waals surface area (Å²) in [7, 11) is 0. The van der Waals surface area contributed by atoms with E-state index in [0.717, 1.165) is 11.4 Å². The highest BCUT2D eigenvalue weighted by atomic mass is 19.4. The van der Waals surface area contributed by atoms with Crippen molar-refractivity contribution in [2.75, 3.05) is 0 Å². The molecule has 0 unspecified atom stereocenters. The average molecular weight is 314 g/mol. The van der Waals surface area contributed by atoms with E-state index in [2.05, 4.69) is 20.3 Å². The van der Waals surface area contributed by atoms with Crippen LogP contribution in [0.3, 0.4) is 0 Å². The monoisotopic (exact) mass is 314 g/mol. The number of halogens is 3. The van der Waals surface area contributed by atoms with Gasteiger partial charge >= 0.3 is 6.36 Å². The molecule has 2 aromatic rings. The third kappa shape index (κ3) is 4.44. The van der Waals surface area contributed by atoms with Gasteiger partial charge in [-0.05, 0) is 34.5 Å². The Bertz CT molecular complexity index is 614. The first kappa shape index (κ1) is 16.3. The van der Waals surface area contributed by atoms with Gasteiger partial charge in [-0.25, -0.2) is 4.68 Å². The Hall–Kier alpha value is -2.12. The standard InChI is InChI=1S/C14H17F3N4O/c1-13(2,3)12-18-19-20-21(12)9-8-10-4-6-11(7-5-10)22-14(15,16)17/h4-7H,8-9H2,1-3H3. The number of ether oxygens (including phenoxy) is 1. The highest BCUT2D eigenvalue weighted by Gasteiger charge is 2.30. The van der Waals surface area contributed by atoms with Crippen molar-refractivity contribution < 1.29 is 17.9 Å². The molecule has 0 radical (unpaired) electrons. The molecular weight excluding hydrogens is 297 g/mol. The minimum absolute atomic E-state index is 0.173. The molecular formula is C14H17F3N4O. The van der Waals surface area contributed by atoms with Crippen LogP contribution in [0.5, 0.6) is 5.75 Å². The fourth-order valence-corrected chi connectivity index (χ4v) is 1.99. The van der Waals surface area contributed by atoms with E-state index in [1.54, 1.807) is 16.8 Å². The summed E-state index contributed by atoms with van der Waals surface area (Å²) in [5.41, 5.74) is 0.707. The fraction of sp³-hybridized carbons (Fsp3) is 0.500. The number of benzene rings is 1. The summed E-state index contributed by atoms with van der Waals surface area (Å²) in [6, 6.07) is 5.80. The van der Waals surface area contributed by atoms with Crippen LogP contribution in [0.25, 0.3) is 0 Å². The molecule has 0 atom stereocenters. The molecule has 120 valence electrons. The quantitative estimate of drug-likeness (QED) is 0.870. The molecule has 0 bridgehead atoms. The van der Waals surface area contributed by atoms with E-state index in [-0.39, 0.29) is 11.2 Å². The molecule has 1 aromatic carbocycles. The van der Waals surface area contributed by atoms with Crippen LogP contribution < -0.4 is 4.74 Å². The van der Waals surface area contributed by atoms with Crippen molar-refractivity contribution in [2.45, 2.75) is 45.5 Å². The van der Waals surface area contributed by atoms with Crippen LogP contribution in [-0.4, -0.2) is 26.6 Å². The molecule has 0 spiro atoms. The molecule has 1 heterocycles. The van der Waals surface area contributed by atoms with Gasteiger partial charge in [-0.15, -0.1) is 18.3 Å². The van der Waals surface area contributed by atoms with Gasteiger partial charge in [0.15, 0.2) is 5.82 Å². The SMILES string of the molecule is CC(C)(C)c1nnnn1CCc1ccc(OC(F)(F)F)cc1. The lowest BCUT2D eigenvalue weighted by Crippen LogP contribution is -2.20. The minimum atomic E-state index is -4.67. The van der Waals surface area contributed by atoms with Crippen LogP contribution in [0.4, 0.5) is 13.2 Å². The van der Waals surface area contributed by atoms with Gasteiger partial charge in [-0.1, -0.05) is 32.9 Å². The van der Waals surface area contributed by atoms with Crippen LogP contribution in [0.15, 0.2) is 24.3 Å². The smallest absolute Gasteiger partial charge is 0.406 e. The maximum atomic E-state index is 12.1. The first-order valence-electron chi connectivity index (χ1n) is 6.76. The number of hydrogen-bond donors (Lipinski definition) is 0. The molecule has 0 N–H and O–H groups in total. The maximum Gasteiger partial charge on any atom is 0.573 e. The molecule has 0 aliphatic carbocycles. The van der Waals surface area contributed by atoms with Gasteiger partial charge < -0.3 is 4.74 Å². The largest absolute Gasteiger partial charge is 0.573 e. The Labute approximate surface area is 126 Å². The zero-order valence-electron chi connectivity index (χ0n) is 12.6. The first-order chi connectivity index (χ1) is 10.1. The van der Waals surface area contributed by atoms with E-state index >= 15 is 0 Å². The topological polar surface area (TPSA) is 52.8 Å². The summed E-state index contributed by atoms with van der Waals surface area (Å²) < 4.78 is 41.8. The number of hydrogen-bond acceptors (Lipinski definition) is 4. The average Bonchev–Trinajstić information content (AvgIpc) is 2.84. The van der Waals surface area contributed by atoms with Gasteiger partial charge in [-0.2, -0.15) is 0 Å². The minimum Gasteiger partial charge on any atom is -0.406 e. The summed E-state index contributed by atoms with van der Waals surface area (Å²) in [5.74, 6) is 0.540. The van der Waals surface area contributed by atoms with Crippen molar-refractivity contribution in [3.63, 3.8) is 0 Å². The maximum absolute atomic E-state index is 12.1. The number of aryl methyl sites for hydroxylation is 2. The second kappa shape index (κ2) is 5.94. The van der Waals surface area contributed by atoms with E-state index in [1.807, 2.05) is 20.8 Å². The van der Waals surface area contributed by atoms with Crippen molar-refractivity contribution >= 4 is 0 Å². The van der Waals surface area contributed by atoms with Crippen molar-refractivity contribution in [1.29, 1.82) is 0 Å². The van der Waals surface area contributed by atoms with Crippen molar-refractivity contribution in [3.05, 3.63) is 35.7 Å². The first-order valence-corrected chi connectivity index (χ1v) is 6.76. The molecule has 0 saturated heterocycles. The third-order valence-corrected chi connectivity index (χ3v) is 2.97. The number of rotatable bonds is 4. The second-order valence-electron chi connectivity index (χ2n) is 5.92. The van der Waals surface area contributed by atoms with Gasteiger partial charge in [0.05, 0.1) is 0 Å². The molecule has 2 rings (SSSR count). The van der Waals surface area contributed by atoms with Gasteiger partial charge in [0.25, 0.3) is 0 Å². The van der Waals surface area contributed by atoms with Gasteiger partial charge in [0.2, 0.25) is 0 Å². The van der Waals surface area contributed by atoms with E-state index < -0.39 is 6.36 Å². The molecule has 8 heteroatoms. The Kier molecular flexibility index (Phi) is 4.39. The van der Waals surface area contributed by atoms with Crippen LogP contribution >= 0.6 is 0 Å². The molecule has 0 saturated carbocycles. The van der Waals surface area contributed by atoms with Crippen LogP contribution in [0.1, 0.15) is 32.2 Å². The number of tetrazole rings is 1. The van der Waals surface area contributed by atoms with Gasteiger partial charge in [-0.3, -0.25) is 0 Å². The fourth-order valence-electron chi connectivity index (χ4n) is 1.99. The second-order valence-corrected chi connectivity index (χ2v) is 5.92. The molecule has 5 nitrogen and oxygen atoms in total. The van der Waals surface area contributed by atoms with E-state index in [1.165, 1.54) is 12.1 Å². The zero-order chi connectivity index (χ0) is 16.4. The lowest BCUT2D eigenvalue weighted by Gasteiger charge is -2.17. The Balaban J connectivity index is 2.00.